The van der Waals surface area contributed by atoms with Gasteiger partial charge in [-0.15, -0.1) is 0 Å². The summed E-state index contributed by atoms with van der Waals surface area (Å²) in [5.41, 5.74) is 9.66. The molecule has 0 aromatic carbocycles. The maximum Gasteiger partial charge on any atom is 0.126 e. The van der Waals surface area contributed by atoms with Crippen LogP contribution >= 0.6 is 0 Å². The Hall–Kier alpha value is -1.58. The van der Waals surface area contributed by atoms with Crippen molar-refractivity contribution in [2.45, 2.75) is 39.5 Å². The number of aromatic nitrogens is 1. The smallest absolute Gasteiger partial charge is 0.126 e. The van der Waals surface area contributed by atoms with Gasteiger partial charge in [-0.1, -0.05) is 0 Å². The molecule has 0 unspecified atom stereocenters. The van der Waals surface area contributed by atoms with Gasteiger partial charge in [-0.2, -0.15) is 0 Å². The maximum absolute atomic E-state index is 7.89. The largest absolute Gasteiger partial charge is 0.384 e. The zero-order valence-corrected chi connectivity index (χ0v) is 12.4. The van der Waals surface area contributed by atoms with E-state index in [1.165, 1.54) is 25.7 Å². The third kappa shape index (κ3) is 2.94. The van der Waals surface area contributed by atoms with Gasteiger partial charge in [0, 0.05) is 18.8 Å². The van der Waals surface area contributed by atoms with Gasteiger partial charge in [0.15, 0.2) is 0 Å². The molecular formula is C16H24N4. The molecule has 2 fully saturated rings. The molecule has 1 aromatic heterocycles. The Kier molecular flexibility index (Phi) is 3.40. The number of nitrogen functional groups attached to an aromatic ring is 1. The number of aryl methyl sites for hydroxylation is 2. The molecule has 2 saturated carbocycles. The highest BCUT2D eigenvalue weighted by Crippen LogP contribution is 2.37. The van der Waals surface area contributed by atoms with E-state index in [1.807, 2.05) is 13.8 Å². The predicted octanol–water partition coefficient (Wildman–Crippen LogP) is 2.61. The molecule has 0 atom stereocenters. The summed E-state index contributed by atoms with van der Waals surface area (Å²) < 4.78 is 0. The normalized spacial score (nSPS) is 18.1. The lowest BCUT2D eigenvalue weighted by atomic mass is 10.1. The van der Waals surface area contributed by atoms with Crippen LogP contribution in [0.15, 0.2) is 6.07 Å². The Bertz CT molecular complexity index is 516. The quantitative estimate of drug-likeness (QED) is 0.618. The van der Waals surface area contributed by atoms with Crippen molar-refractivity contribution in [2.24, 2.45) is 17.6 Å². The van der Waals surface area contributed by atoms with Gasteiger partial charge in [0.25, 0.3) is 0 Å². The fourth-order valence-corrected chi connectivity index (χ4v) is 2.89. The summed E-state index contributed by atoms with van der Waals surface area (Å²) in [5.74, 6) is 1.81. The van der Waals surface area contributed by atoms with Crippen molar-refractivity contribution >= 4 is 11.5 Å². The van der Waals surface area contributed by atoms with E-state index in [0.717, 1.165) is 47.6 Å². The number of anilines is 1. The van der Waals surface area contributed by atoms with E-state index in [4.69, 9.17) is 11.1 Å². The van der Waals surface area contributed by atoms with E-state index in [1.54, 1.807) is 0 Å². The Morgan fingerprint density at radius 2 is 1.80 bits per heavy atom. The van der Waals surface area contributed by atoms with E-state index >= 15 is 0 Å². The summed E-state index contributed by atoms with van der Waals surface area (Å²) in [4.78, 5) is 6.95. The third-order valence-corrected chi connectivity index (χ3v) is 4.27. The van der Waals surface area contributed by atoms with Crippen LogP contribution in [-0.2, 0) is 0 Å². The van der Waals surface area contributed by atoms with Gasteiger partial charge in [0.1, 0.15) is 5.84 Å². The lowest BCUT2D eigenvalue weighted by Gasteiger charge is -2.28. The minimum absolute atomic E-state index is 0.140. The van der Waals surface area contributed by atoms with Gasteiger partial charge in [0.05, 0.1) is 16.9 Å². The lowest BCUT2D eigenvalue weighted by Crippen LogP contribution is -2.31. The minimum Gasteiger partial charge on any atom is -0.384 e. The lowest BCUT2D eigenvalue weighted by molar-refractivity contribution is 0.677. The van der Waals surface area contributed by atoms with Crippen LogP contribution in [-0.4, -0.2) is 23.9 Å². The summed E-state index contributed by atoms with van der Waals surface area (Å²) in [6.45, 7) is 6.20. The van der Waals surface area contributed by atoms with Crippen molar-refractivity contribution < 1.29 is 0 Å². The van der Waals surface area contributed by atoms with E-state index in [0.29, 0.717) is 0 Å². The van der Waals surface area contributed by atoms with Crippen molar-refractivity contribution in [3.8, 4) is 0 Å². The van der Waals surface area contributed by atoms with Crippen LogP contribution in [0.2, 0.25) is 0 Å². The standard InChI is InChI=1S/C16H24N4/c1-10-7-14(15(16(17)18)11(2)19-10)20(8-12-3-4-12)9-13-5-6-13/h7,12-13H,3-6,8-9H2,1-2H3,(H3,17,18). The number of rotatable bonds is 6. The summed E-state index contributed by atoms with van der Waals surface area (Å²) in [6, 6.07) is 2.11. The van der Waals surface area contributed by atoms with E-state index < -0.39 is 0 Å². The Morgan fingerprint density at radius 3 is 2.25 bits per heavy atom. The van der Waals surface area contributed by atoms with Crippen molar-refractivity contribution in [3.63, 3.8) is 0 Å². The van der Waals surface area contributed by atoms with Gasteiger partial charge < -0.3 is 10.6 Å². The molecular weight excluding hydrogens is 248 g/mol. The second-order valence-corrected chi connectivity index (χ2v) is 6.45. The van der Waals surface area contributed by atoms with Crippen LogP contribution in [0.3, 0.4) is 0 Å². The monoisotopic (exact) mass is 272 g/mol. The number of nitrogens with one attached hydrogen (secondary N) is 1. The van der Waals surface area contributed by atoms with Crippen LogP contribution in [0, 0.1) is 31.1 Å². The van der Waals surface area contributed by atoms with E-state index in [2.05, 4.69) is 16.0 Å². The molecule has 0 radical (unpaired) electrons. The first-order valence-electron chi connectivity index (χ1n) is 7.62. The molecule has 0 saturated heterocycles. The van der Waals surface area contributed by atoms with Crippen molar-refractivity contribution in [1.29, 1.82) is 5.41 Å². The van der Waals surface area contributed by atoms with Crippen LogP contribution in [0.25, 0.3) is 0 Å². The summed E-state index contributed by atoms with van der Waals surface area (Å²) >= 11 is 0. The second-order valence-electron chi connectivity index (χ2n) is 6.45. The first kappa shape index (κ1) is 13.4. The van der Waals surface area contributed by atoms with Gasteiger partial charge in [-0.3, -0.25) is 10.4 Å². The highest BCUT2D eigenvalue weighted by Gasteiger charge is 2.31. The number of pyridine rings is 1. The van der Waals surface area contributed by atoms with Gasteiger partial charge in [0.2, 0.25) is 0 Å². The van der Waals surface area contributed by atoms with E-state index in [-0.39, 0.29) is 5.84 Å². The van der Waals surface area contributed by atoms with Crippen LogP contribution in [0.5, 0.6) is 0 Å². The molecule has 2 aliphatic rings. The summed E-state index contributed by atoms with van der Waals surface area (Å²) in [5, 5.41) is 7.89. The number of nitrogens with zero attached hydrogens (tertiary/aromatic N) is 2. The van der Waals surface area contributed by atoms with Crippen molar-refractivity contribution in [3.05, 3.63) is 23.0 Å². The average molecular weight is 272 g/mol. The maximum atomic E-state index is 7.89. The van der Waals surface area contributed by atoms with Gasteiger partial charge in [-0.25, -0.2) is 0 Å². The molecule has 0 amide bonds. The molecule has 3 rings (SSSR count). The number of hydrogen-bond acceptors (Lipinski definition) is 3. The van der Waals surface area contributed by atoms with Crippen molar-refractivity contribution in [1.82, 2.24) is 4.98 Å². The zero-order valence-electron chi connectivity index (χ0n) is 12.4. The second kappa shape index (κ2) is 5.08. The molecule has 108 valence electrons. The average Bonchev–Trinajstić information content (AvgIpc) is 3.21. The summed E-state index contributed by atoms with van der Waals surface area (Å²) in [6.07, 6.45) is 5.39. The van der Waals surface area contributed by atoms with Crippen molar-refractivity contribution in [2.75, 3.05) is 18.0 Å². The molecule has 0 spiro atoms. The first-order valence-corrected chi connectivity index (χ1v) is 7.62. The summed E-state index contributed by atoms with van der Waals surface area (Å²) in [7, 11) is 0. The topological polar surface area (TPSA) is 66.0 Å². The molecule has 4 nitrogen and oxygen atoms in total. The van der Waals surface area contributed by atoms with Crippen LogP contribution in [0.4, 0.5) is 5.69 Å². The molecule has 4 heteroatoms. The SMILES string of the molecule is Cc1cc(N(CC2CC2)CC2CC2)c(C(=N)N)c(C)n1. The third-order valence-electron chi connectivity index (χ3n) is 4.27. The molecule has 1 aromatic rings. The number of nitrogens with two attached hydrogens (primary N) is 1. The zero-order chi connectivity index (χ0) is 14.3. The molecule has 2 aliphatic carbocycles. The van der Waals surface area contributed by atoms with Gasteiger partial charge >= 0.3 is 0 Å². The molecule has 1 heterocycles. The fraction of sp³-hybridized carbons (Fsp3) is 0.625. The Labute approximate surface area is 120 Å². The highest BCUT2D eigenvalue weighted by atomic mass is 15.1. The fourth-order valence-electron chi connectivity index (χ4n) is 2.89. The van der Waals surface area contributed by atoms with Crippen LogP contribution < -0.4 is 10.6 Å². The Balaban J connectivity index is 1.96. The Morgan fingerprint density at radius 1 is 1.25 bits per heavy atom. The number of hydrogen-bond donors (Lipinski definition) is 2. The minimum atomic E-state index is 0.140. The van der Waals surface area contributed by atoms with Gasteiger partial charge in [-0.05, 0) is 57.4 Å². The molecule has 3 N–H and O–H groups in total. The first-order chi connectivity index (χ1) is 9.54. The molecule has 0 aliphatic heterocycles. The molecule has 0 bridgehead atoms. The molecule has 20 heavy (non-hydrogen) atoms. The highest BCUT2D eigenvalue weighted by molar-refractivity contribution is 6.01. The van der Waals surface area contributed by atoms with E-state index in [9.17, 15) is 0 Å². The number of amidine groups is 1. The predicted molar refractivity (Wildman–Crippen MR) is 82.4 cm³/mol. The van der Waals surface area contributed by atoms with Crippen LogP contribution in [0.1, 0.15) is 42.6 Å².